The summed E-state index contributed by atoms with van der Waals surface area (Å²) >= 11 is 0. The van der Waals surface area contributed by atoms with E-state index in [2.05, 4.69) is 19.9 Å². The Labute approximate surface area is 167 Å². The van der Waals surface area contributed by atoms with Gasteiger partial charge in [-0.15, -0.1) is 0 Å². The maximum atomic E-state index is 12.4. The molecule has 0 saturated heterocycles. The van der Waals surface area contributed by atoms with Crippen LogP contribution in [0.25, 0.3) is 0 Å². The number of esters is 1. The number of hydrogen-bond donors (Lipinski definition) is 0. The maximum absolute atomic E-state index is 12.4. The predicted molar refractivity (Wildman–Crippen MR) is 106 cm³/mol. The Morgan fingerprint density at radius 3 is 2.61 bits per heavy atom. The molecule has 4 aliphatic carbocycles. The molecule has 0 bridgehead atoms. The van der Waals surface area contributed by atoms with Crippen LogP contribution in [-0.2, 0) is 19.1 Å². The summed E-state index contributed by atoms with van der Waals surface area (Å²) in [6.45, 7) is 8.10. The molecule has 3 saturated carbocycles. The Morgan fingerprint density at radius 1 is 1.18 bits per heavy atom. The Bertz CT molecular complexity index is 777. The van der Waals surface area contributed by atoms with Gasteiger partial charge in [0.25, 0.3) is 0 Å². The Hall–Kier alpha value is -1.71. The number of carbonyl (C=O) groups is 3. The van der Waals surface area contributed by atoms with Crippen molar-refractivity contribution in [1.29, 1.82) is 0 Å². The fourth-order valence-corrected chi connectivity index (χ4v) is 7.18. The molecule has 0 aliphatic heterocycles. The van der Waals surface area contributed by atoms with E-state index in [1.54, 1.807) is 19.1 Å². The van der Waals surface area contributed by atoms with Crippen LogP contribution in [-0.4, -0.2) is 23.6 Å². The van der Waals surface area contributed by atoms with Gasteiger partial charge in [0.05, 0.1) is 0 Å². The zero-order valence-electron chi connectivity index (χ0n) is 17.5. The van der Waals surface area contributed by atoms with E-state index in [9.17, 15) is 14.4 Å². The van der Waals surface area contributed by atoms with Crippen molar-refractivity contribution in [3.8, 4) is 0 Å². The second kappa shape index (κ2) is 6.67. The van der Waals surface area contributed by atoms with Gasteiger partial charge in [-0.25, -0.2) is 0 Å². The van der Waals surface area contributed by atoms with Crippen molar-refractivity contribution >= 4 is 17.5 Å². The highest BCUT2D eigenvalue weighted by Gasteiger charge is 2.62. The van der Waals surface area contributed by atoms with E-state index < -0.39 is 0 Å². The lowest BCUT2D eigenvalue weighted by molar-refractivity contribution is -0.166. The number of ketones is 2. The molecule has 28 heavy (non-hydrogen) atoms. The molecule has 0 radical (unpaired) electrons. The molecule has 0 N–H and O–H groups in total. The van der Waals surface area contributed by atoms with Crippen LogP contribution in [0.5, 0.6) is 0 Å². The molecule has 0 amide bonds. The van der Waals surface area contributed by atoms with E-state index in [1.165, 1.54) is 0 Å². The topological polar surface area (TPSA) is 60.4 Å². The average molecular weight is 385 g/mol. The van der Waals surface area contributed by atoms with Crippen LogP contribution in [0.2, 0.25) is 0 Å². The third-order valence-electron chi connectivity index (χ3n) is 8.62. The summed E-state index contributed by atoms with van der Waals surface area (Å²) in [5.41, 5.74) is 0.957. The Kier molecular flexibility index (Phi) is 4.67. The quantitative estimate of drug-likeness (QED) is 0.675. The van der Waals surface area contributed by atoms with Crippen LogP contribution in [0, 0.1) is 34.5 Å². The highest BCUT2D eigenvalue weighted by atomic mass is 16.5. The van der Waals surface area contributed by atoms with Gasteiger partial charge in [-0.05, 0) is 62.0 Å². The minimum atomic E-state index is -0.189. The van der Waals surface area contributed by atoms with Gasteiger partial charge in [0.2, 0.25) is 0 Å². The summed E-state index contributed by atoms with van der Waals surface area (Å²) in [5, 5.41) is 0. The summed E-state index contributed by atoms with van der Waals surface area (Å²) < 4.78 is 5.99. The molecule has 0 spiro atoms. The van der Waals surface area contributed by atoms with Crippen LogP contribution in [0.1, 0.15) is 66.2 Å². The van der Waals surface area contributed by atoms with Crippen molar-refractivity contribution in [2.24, 2.45) is 34.5 Å². The fourth-order valence-electron chi connectivity index (χ4n) is 7.18. The number of rotatable bonds is 3. The number of carbonyl (C=O) groups excluding carboxylic acids is 3. The van der Waals surface area contributed by atoms with Gasteiger partial charge in [-0.1, -0.05) is 32.4 Å². The first kappa shape index (κ1) is 19.6. The van der Waals surface area contributed by atoms with Crippen molar-refractivity contribution in [3.63, 3.8) is 0 Å². The van der Waals surface area contributed by atoms with Crippen LogP contribution in [0.15, 0.2) is 23.8 Å². The molecule has 3 fully saturated rings. The normalized spacial score (nSPS) is 44.2. The van der Waals surface area contributed by atoms with Gasteiger partial charge >= 0.3 is 5.97 Å². The minimum absolute atomic E-state index is 0.00432. The number of hydrogen-bond acceptors (Lipinski definition) is 4. The molecule has 0 aromatic heterocycles. The molecular weight excluding hydrogens is 352 g/mol. The molecular formula is C24H32O4. The summed E-state index contributed by atoms with van der Waals surface area (Å²) in [4.78, 5) is 36.6. The number of allylic oxidation sites excluding steroid dienone is 3. The van der Waals surface area contributed by atoms with Crippen LogP contribution < -0.4 is 0 Å². The van der Waals surface area contributed by atoms with Gasteiger partial charge < -0.3 is 4.74 Å². The maximum Gasteiger partial charge on any atom is 0.305 e. The number of fused-ring (bicyclic) bond motifs is 5. The molecule has 152 valence electrons. The molecule has 4 nitrogen and oxygen atoms in total. The fraction of sp³-hybridized carbons (Fsp3) is 0.708. The Morgan fingerprint density at radius 2 is 1.93 bits per heavy atom. The van der Waals surface area contributed by atoms with E-state index in [4.69, 9.17) is 4.74 Å². The van der Waals surface area contributed by atoms with Gasteiger partial charge in [0.1, 0.15) is 11.9 Å². The predicted octanol–water partition coefficient (Wildman–Crippen LogP) is 4.43. The van der Waals surface area contributed by atoms with Crippen molar-refractivity contribution in [2.45, 2.75) is 72.3 Å². The smallest absolute Gasteiger partial charge is 0.305 e. The Balaban J connectivity index is 1.75. The second-order valence-corrected chi connectivity index (χ2v) is 9.85. The largest absolute Gasteiger partial charge is 0.462 e. The molecule has 1 unspecified atom stereocenters. The second-order valence-electron chi connectivity index (χ2n) is 9.85. The summed E-state index contributed by atoms with van der Waals surface area (Å²) in [6, 6.07) is 0. The summed E-state index contributed by atoms with van der Waals surface area (Å²) in [7, 11) is 0. The number of Topliss-reactive ketones (excluding diaryl/α,β-unsaturated/α-hetero) is 1. The molecule has 0 heterocycles. The first-order chi connectivity index (χ1) is 13.2. The SMILES string of the molecule is CCC(=O)OC1CC2=CC(=O)C=C[C@]2(C)[C@H]2CC[C@]3(C)[C@@H](C(C)=O)CC[C@H]3[C@H]12. The zero-order chi connectivity index (χ0) is 20.3. The highest BCUT2D eigenvalue weighted by Crippen LogP contribution is 2.66. The summed E-state index contributed by atoms with van der Waals surface area (Å²) in [6.07, 6.45) is 10.4. The molecule has 7 atom stereocenters. The van der Waals surface area contributed by atoms with Gasteiger partial charge in [0.15, 0.2) is 5.78 Å². The molecule has 4 aliphatic rings. The van der Waals surface area contributed by atoms with E-state index in [-0.39, 0.29) is 40.5 Å². The van der Waals surface area contributed by atoms with Crippen molar-refractivity contribution in [3.05, 3.63) is 23.8 Å². The highest BCUT2D eigenvalue weighted by molar-refractivity contribution is 6.01. The van der Waals surface area contributed by atoms with Crippen molar-refractivity contribution in [1.82, 2.24) is 0 Å². The lowest BCUT2D eigenvalue weighted by atomic mass is 9.47. The molecule has 4 heteroatoms. The minimum Gasteiger partial charge on any atom is -0.462 e. The van der Waals surface area contributed by atoms with Crippen molar-refractivity contribution in [2.75, 3.05) is 0 Å². The first-order valence-corrected chi connectivity index (χ1v) is 10.8. The first-order valence-electron chi connectivity index (χ1n) is 10.8. The third kappa shape index (κ3) is 2.74. The van der Waals surface area contributed by atoms with Gasteiger partial charge in [-0.3, -0.25) is 14.4 Å². The third-order valence-corrected chi connectivity index (χ3v) is 8.62. The monoisotopic (exact) mass is 384 g/mol. The standard InChI is InChI=1S/C24H32O4/c1-5-21(27)28-20-13-15-12-16(26)8-10-23(15,3)19-9-11-24(4)17(14(2)25)6-7-18(24)22(19)20/h8,10,12,17-20,22H,5-7,9,11,13H2,1-4H3/t17-,18+,19+,20?,22+,23+,24-/m1/s1. The zero-order valence-corrected chi connectivity index (χ0v) is 17.5. The molecule has 4 rings (SSSR count). The molecule has 0 aromatic carbocycles. The lowest BCUT2D eigenvalue weighted by Crippen LogP contribution is -2.55. The molecule has 0 aromatic rings. The number of ether oxygens (including phenoxy) is 1. The van der Waals surface area contributed by atoms with E-state index in [0.717, 1.165) is 31.3 Å². The van der Waals surface area contributed by atoms with Crippen LogP contribution in [0.4, 0.5) is 0 Å². The summed E-state index contributed by atoms with van der Waals surface area (Å²) in [5.74, 6) is 1.27. The van der Waals surface area contributed by atoms with E-state index >= 15 is 0 Å². The van der Waals surface area contributed by atoms with E-state index in [0.29, 0.717) is 30.5 Å². The van der Waals surface area contributed by atoms with Crippen molar-refractivity contribution < 1.29 is 19.1 Å². The average Bonchev–Trinajstić information content (AvgIpc) is 3.00. The van der Waals surface area contributed by atoms with Gasteiger partial charge in [-0.2, -0.15) is 0 Å². The van der Waals surface area contributed by atoms with Crippen LogP contribution >= 0.6 is 0 Å². The van der Waals surface area contributed by atoms with Crippen LogP contribution in [0.3, 0.4) is 0 Å². The van der Waals surface area contributed by atoms with Gasteiger partial charge in [0, 0.05) is 30.1 Å². The lowest BCUT2D eigenvalue weighted by Gasteiger charge is -2.58. The van der Waals surface area contributed by atoms with E-state index in [1.807, 2.05) is 6.92 Å².